The van der Waals surface area contributed by atoms with Crippen LogP contribution in [0.1, 0.15) is 48.9 Å². The van der Waals surface area contributed by atoms with Gasteiger partial charge in [-0.15, -0.1) is 0 Å². The Kier molecular flexibility index (Phi) is 9.36. The van der Waals surface area contributed by atoms with Gasteiger partial charge in [0.05, 0.1) is 4.90 Å². The molecule has 0 aromatic heterocycles. The fourth-order valence-corrected chi connectivity index (χ4v) is 6.51. The Morgan fingerprint density at radius 2 is 1.53 bits per heavy atom. The van der Waals surface area contributed by atoms with Crippen LogP contribution in [0.2, 0.25) is 0 Å². The number of anilines is 1. The molecule has 0 saturated heterocycles. The van der Waals surface area contributed by atoms with Crippen molar-refractivity contribution in [3.63, 3.8) is 0 Å². The average Bonchev–Trinajstić information content (AvgIpc) is 2.93. The van der Waals surface area contributed by atoms with Gasteiger partial charge in [-0.25, -0.2) is 8.42 Å². The number of rotatable bonds is 6. The van der Waals surface area contributed by atoms with Crippen LogP contribution in [-0.2, 0) is 34.3 Å². The SMILES string of the molecule is CCCc1ccc(S(=O)(=O)N2CCCN(C(C)=O)c3ccccc3CN(Cc3ccc(C)cc3)CC2)cc1. The Balaban J connectivity index is 1.66. The maximum atomic E-state index is 13.8. The summed E-state index contributed by atoms with van der Waals surface area (Å²) in [5.41, 5.74) is 5.49. The number of hydrogen-bond acceptors (Lipinski definition) is 4. The van der Waals surface area contributed by atoms with Crippen LogP contribution >= 0.6 is 0 Å². The minimum absolute atomic E-state index is 0.0392. The summed E-state index contributed by atoms with van der Waals surface area (Å²) in [6.07, 6.45) is 2.50. The molecular formula is C31H39N3O3S. The molecule has 0 spiro atoms. The first-order valence-corrected chi connectivity index (χ1v) is 14.9. The Bertz CT molecular complexity index is 1320. The number of carbonyl (C=O) groups excluding carboxylic acids is 1. The third-order valence-electron chi connectivity index (χ3n) is 7.14. The van der Waals surface area contributed by atoms with Gasteiger partial charge in [0.15, 0.2) is 0 Å². The number of para-hydroxylation sites is 1. The smallest absolute Gasteiger partial charge is 0.243 e. The van der Waals surface area contributed by atoms with Crippen molar-refractivity contribution < 1.29 is 13.2 Å². The lowest BCUT2D eigenvalue weighted by Crippen LogP contribution is -2.39. The van der Waals surface area contributed by atoms with Crippen LogP contribution in [0.5, 0.6) is 0 Å². The minimum atomic E-state index is -3.68. The zero-order valence-corrected chi connectivity index (χ0v) is 23.6. The van der Waals surface area contributed by atoms with Crippen molar-refractivity contribution in [3.8, 4) is 0 Å². The molecule has 0 saturated carbocycles. The Labute approximate surface area is 227 Å². The van der Waals surface area contributed by atoms with Crippen LogP contribution in [0, 0.1) is 6.92 Å². The highest BCUT2D eigenvalue weighted by atomic mass is 32.2. The predicted molar refractivity (Wildman–Crippen MR) is 154 cm³/mol. The molecule has 1 amide bonds. The molecule has 0 N–H and O–H groups in total. The van der Waals surface area contributed by atoms with Gasteiger partial charge in [-0.05, 0) is 54.7 Å². The van der Waals surface area contributed by atoms with Crippen LogP contribution < -0.4 is 4.90 Å². The highest BCUT2D eigenvalue weighted by Gasteiger charge is 2.27. The highest BCUT2D eigenvalue weighted by molar-refractivity contribution is 7.89. The molecule has 7 heteroatoms. The summed E-state index contributed by atoms with van der Waals surface area (Å²) < 4.78 is 29.1. The maximum absolute atomic E-state index is 13.8. The molecular weight excluding hydrogens is 494 g/mol. The second-order valence-corrected chi connectivity index (χ2v) is 12.1. The lowest BCUT2D eigenvalue weighted by molar-refractivity contribution is -0.116. The van der Waals surface area contributed by atoms with Crippen LogP contribution in [0.4, 0.5) is 5.69 Å². The van der Waals surface area contributed by atoms with E-state index < -0.39 is 10.0 Å². The van der Waals surface area contributed by atoms with E-state index in [1.807, 2.05) is 30.3 Å². The van der Waals surface area contributed by atoms with E-state index in [1.165, 1.54) is 11.1 Å². The van der Waals surface area contributed by atoms with Crippen LogP contribution in [0.3, 0.4) is 0 Å². The molecule has 0 atom stereocenters. The number of benzene rings is 3. The Morgan fingerprint density at radius 1 is 0.842 bits per heavy atom. The van der Waals surface area contributed by atoms with E-state index in [0.717, 1.165) is 29.7 Å². The standard InChI is InChI=1S/C31H39N3O3S/c1-4-8-27-15-17-30(18-16-27)38(36,37)33-19-7-20-34(26(3)35)31-10-6-5-9-29(31)24-32(21-22-33)23-28-13-11-25(2)12-14-28/h5-6,9-18H,4,7-8,19-24H2,1-3H3. The van der Waals surface area contributed by atoms with Crippen molar-refractivity contribution in [1.82, 2.24) is 9.21 Å². The Morgan fingerprint density at radius 3 is 2.21 bits per heavy atom. The molecule has 202 valence electrons. The monoisotopic (exact) mass is 533 g/mol. The van der Waals surface area contributed by atoms with Gasteiger partial charge in [-0.3, -0.25) is 9.69 Å². The lowest BCUT2D eigenvalue weighted by Gasteiger charge is -2.28. The van der Waals surface area contributed by atoms with Gasteiger partial charge in [-0.1, -0.05) is 73.5 Å². The summed E-state index contributed by atoms with van der Waals surface area (Å²) in [5.74, 6) is -0.0392. The third kappa shape index (κ3) is 6.90. The molecule has 6 nitrogen and oxygen atoms in total. The first kappa shape index (κ1) is 28.0. The molecule has 3 aromatic carbocycles. The van der Waals surface area contributed by atoms with Crippen LogP contribution in [0.25, 0.3) is 0 Å². The van der Waals surface area contributed by atoms with Gasteiger partial charge in [0.1, 0.15) is 0 Å². The van der Waals surface area contributed by atoms with Crippen molar-refractivity contribution in [1.29, 1.82) is 0 Å². The summed E-state index contributed by atoms with van der Waals surface area (Å²) in [5, 5.41) is 0. The molecule has 1 aliphatic rings. The largest absolute Gasteiger partial charge is 0.312 e. The molecule has 0 radical (unpaired) electrons. The van der Waals surface area contributed by atoms with Gasteiger partial charge in [0.25, 0.3) is 0 Å². The number of carbonyl (C=O) groups is 1. The molecule has 1 heterocycles. The molecule has 3 aromatic rings. The van der Waals surface area contributed by atoms with Crippen LogP contribution in [-0.4, -0.2) is 49.7 Å². The maximum Gasteiger partial charge on any atom is 0.243 e. The number of amides is 1. The normalized spacial score (nSPS) is 16.0. The van der Waals surface area contributed by atoms with E-state index in [9.17, 15) is 13.2 Å². The summed E-state index contributed by atoms with van der Waals surface area (Å²) in [6, 6.07) is 23.8. The summed E-state index contributed by atoms with van der Waals surface area (Å²) >= 11 is 0. The fraction of sp³-hybridized carbons (Fsp3) is 0.387. The van der Waals surface area contributed by atoms with Gasteiger partial charge in [0, 0.05) is 51.9 Å². The molecule has 0 fully saturated rings. The molecule has 38 heavy (non-hydrogen) atoms. The van der Waals surface area contributed by atoms with E-state index in [1.54, 1.807) is 28.3 Å². The van der Waals surface area contributed by atoms with Crippen molar-refractivity contribution in [2.75, 3.05) is 31.1 Å². The summed E-state index contributed by atoms with van der Waals surface area (Å²) in [6.45, 7) is 8.84. The topological polar surface area (TPSA) is 60.9 Å². The number of nitrogens with zero attached hydrogens (tertiary/aromatic N) is 3. The molecule has 0 aliphatic carbocycles. The quantitative estimate of drug-likeness (QED) is 0.426. The second-order valence-electron chi connectivity index (χ2n) is 10.1. The number of aryl methyl sites for hydroxylation is 2. The van der Waals surface area contributed by atoms with Gasteiger partial charge in [0.2, 0.25) is 15.9 Å². The second kappa shape index (κ2) is 12.7. The third-order valence-corrected chi connectivity index (χ3v) is 9.05. The van der Waals surface area contributed by atoms with Gasteiger partial charge in [-0.2, -0.15) is 4.31 Å². The minimum Gasteiger partial charge on any atom is -0.312 e. The lowest BCUT2D eigenvalue weighted by atomic mass is 10.1. The number of hydrogen-bond donors (Lipinski definition) is 0. The number of sulfonamides is 1. The molecule has 0 unspecified atom stereocenters. The molecule has 0 bridgehead atoms. The zero-order valence-electron chi connectivity index (χ0n) is 22.8. The van der Waals surface area contributed by atoms with E-state index in [-0.39, 0.29) is 5.91 Å². The average molecular weight is 534 g/mol. The highest BCUT2D eigenvalue weighted by Crippen LogP contribution is 2.25. The van der Waals surface area contributed by atoms with Crippen molar-refractivity contribution in [2.24, 2.45) is 0 Å². The van der Waals surface area contributed by atoms with Crippen molar-refractivity contribution in [3.05, 3.63) is 95.1 Å². The number of fused-ring (bicyclic) bond motifs is 1. The van der Waals surface area contributed by atoms with E-state index in [4.69, 9.17) is 0 Å². The predicted octanol–water partition coefficient (Wildman–Crippen LogP) is 5.40. The van der Waals surface area contributed by atoms with E-state index in [0.29, 0.717) is 50.6 Å². The summed E-state index contributed by atoms with van der Waals surface area (Å²) in [4.78, 5) is 17.1. The fourth-order valence-electron chi connectivity index (χ4n) is 5.04. The van der Waals surface area contributed by atoms with Crippen molar-refractivity contribution in [2.45, 2.75) is 58.0 Å². The van der Waals surface area contributed by atoms with Gasteiger partial charge < -0.3 is 4.90 Å². The van der Waals surface area contributed by atoms with Gasteiger partial charge >= 0.3 is 0 Å². The zero-order chi connectivity index (χ0) is 27.1. The molecule has 1 aliphatic heterocycles. The first-order chi connectivity index (χ1) is 18.3. The van der Waals surface area contributed by atoms with Crippen LogP contribution in [0.15, 0.2) is 77.7 Å². The summed E-state index contributed by atoms with van der Waals surface area (Å²) in [7, 11) is -3.68. The van der Waals surface area contributed by atoms with E-state index in [2.05, 4.69) is 49.1 Å². The first-order valence-electron chi connectivity index (χ1n) is 13.5. The van der Waals surface area contributed by atoms with E-state index >= 15 is 0 Å². The Hall–Kier alpha value is -3.00. The van der Waals surface area contributed by atoms with Crippen molar-refractivity contribution >= 4 is 21.6 Å². The molecule has 4 rings (SSSR count).